The predicted octanol–water partition coefficient (Wildman–Crippen LogP) is 7.36. The number of thioether (sulfide) groups is 1. The van der Waals surface area contributed by atoms with Crippen LogP contribution in [0.3, 0.4) is 0 Å². The Morgan fingerprint density at radius 3 is 2.00 bits per heavy atom. The summed E-state index contributed by atoms with van der Waals surface area (Å²) in [6.45, 7) is 1.88. The summed E-state index contributed by atoms with van der Waals surface area (Å²) in [5.41, 5.74) is 2.07. The van der Waals surface area contributed by atoms with Gasteiger partial charge in [0.2, 0.25) is 5.91 Å². The quantitative estimate of drug-likeness (QED) is 0.252. The van der Waals surface area contributed by atoms with E-state index in [9.17, 15) is 9.59 Å². The highest BCUT2D eigenvalue weighted by Crippen LogP contribution is 2.28. The molecule has 5 heteroatoms. The van der Waals surface area contributed by atoms with Crippen molar-refractivity contribution in [2.75, 3.05) is 10.6 Å². The number of fused-ring (bicyclic) bond motifs is 2. The van der Waals surface area contributed by atoms with Gasteiger partial charge in [-0.1, -0.05) is 66.7 Å². The third kappa shape index (κ3) is 5.36. The second-order valence-electron chi connectivity index (χ2n) is 8.36. The minimum atomic E-state index is -0.312. The molecule has 0 saturated heterocycles. The minimum Gasteiger partial charge on any atom is -0.325 e. The van der Waals surface area contributed by atoms with Crippen LogP contribution in [0.25, 0.3) is 21.5 Å². The van der Waals surface area contributed by atoms with E-state index in [2.05, 4.69) is 10.6 Å². The molecule has 1 atom stereocenters. The molecule has 0 saturated carbocycles. The van der Waals surface area contributed by atoms with Gasteiger partial charge < -0.3 is 10.6 Å². The fraction of sp³-hybridized carbons (Fsp3) is 0.0667. The van der Waals surface area contributed by atoms with E-state index in [0.29, 0.717) is 11.3 Å². The van der Waals surface area contributed by atoms with Gasteiger partial charge in [-0.2, -0.15) is 0 Å². The van der Waals surface area contributed by atoms with Gasteiger partial charge in [0.1, 0.15) is 0 Å². The number of nitrogens with one attached hydrogen (secondary N) is 2. The molecule has 4 nitrogen and oxygen atoms in total. The molecule has 0 aliphatic heterocycles. The number of carbonyl (C=O) groups excluding carboxylic acids is 2. The molecule has 5 aromatic rings. The second-order valence-corrected chi connectivity index (χ2v) is 9.77. The van der Waals surface area contributed by atoms with E-state index in [0.717, 1.165) is 32.1 Å². The normalized spacial score (nSPS) is 11.8. The first kappa shape index (κ1) is 22.7. The molecule has 5 rings (SSSR count). The smallest absolute Gasteiger partial charge is 0.255 e. The zero-order valence-corrected chi connectivity index (χ0v) is 20.0. The van der Waals surface area contributed by atoms with Gasteiger partial charge in [-0.15, -0.1) is 11.8 Å². The molecule has 0 radical (unpaired) electrons. The van der Waals surface area contributed by atoms with Crippen molar-refractivity contribution >= 4 is 56.5 Å². The van der Waals surface area contributed by atoms with Crippen molar-refractivity contribution in [2.45, 2.75) is 17.1 Å². The van der Waals surface area contributed by atoms with Crippen LogP contribution in [0.2, 0.25) is 0 Å². The van der Waals surface area contributed by atoms with E-state index in [1.54, 1.807) is 0 Å². The van der Waals surface area contributed by atoms with Crippen LogP contribution in [0, 0.1) is 0 Å². The first-order chi connectivity index (χ1) is 17.0. The van der Waals surface area contributed by atoms with Gasteiger partial charge in [-0.25, -0.2) is 0 Å². The topological polar surface area (TPSA) is 58.2 Å². The van der Waals surface area contributed by atoms with Crippen LogP contribution < -0.4 is 10.6 Å². The number of carbonyl (C=O) groups is 2. The maximum atomic E-state index is 12.8. The summed E-state index contributed by atoms with van der Waals surface area (Å²) >= 11 is 1.45. The molecule has 0 aliphatic rings. The minimum absolute atomic E-state index is 0.0733. The first-order valence-electron chi connectivity index (χ1n) is 11.4. The molecule has 2 N–H and O–H groups in total. The van der Waals surface area contributed by atoms with Crippen LogP contribution in [0.1, 0.15) is 17.3 Å². The predicted molar refractivity (Wildman–Crippen MR) is 146 cm³/mol. The van der Waals surface area contributed by atoms with Crippen molar-refractivity contribution in [3.05, 3.63) is 115 Å². The molecule has 172 valence electrons. The van der Waals surface area contributed by atoms with E-state index in [4.69, 9.17) is 0 Å². The number of hydrogen-bond acceptors (Lipinski definition) is 3. The molecule has 2 amide bonds. The lowest BCUT2D eigenvalue weighted by atomic mass is 10.1. The van der Waals surface area contributed by atoms with Crippen LogP contribution in [0.5, 0.6) is 0 Å². The standard InChI is InChI=1S/C30H24N2O2S/c1-20(29(33)31-27-16-15-22-8-3-5-10-24(22)18-27)35-28-12-6-11-26(19-28)32-30(34)25-14-13-21-7-2-4-9-23(21)17-25/h2-20H,1H3,(H,31,33)(H,32,34). The molecule has 0 fully saturated rings. The Kier molecular flexibility index (Phi) is 6.51. The lowest BCUT2D eigenvalue weighted by Crippen LogP contribution is -2.22. The fourth-order valence-corrected chi connectivity index (χ4v) is 4.88. The van der Waals surface area contributed by atoms with Crippen LogP contribution in [0.4, 0.5) is 11.4 Å². The van der Waals surface area contributed by atoms with Crippen LogP contribution in [-0.2, 0) is 4.79 Å². The van der Waals surface area contributed by atoms with Gasteiger partial charge in [0, 0.05) is 21.8 Å². The Balaban J connectivity index is 1.23. The molecule has 0 heterocycles. The summed E-state index contributed by atoms with van der Waals surface area (Å²) < 4.78 is 0. The molecule has 0 aromatic heterocycles. The number of hydrogen-bond donors (Lipinski definition) is 2. The van der Waals surface area contributed by atoms with Crippen molar-refractivity contribution in [2.24, 2.45) is 0 Å². The average molecular weight is 477 g/mol. The first-order valence-corrected chi connectivity index (χ1v) is 12.3. The summed E-state index contributed by atoms with van der Waals surface area (Å²) in [7, 11) is 0. The highest BCUT2D eigenvalue weighted by atomic mass is 32.2. The molecular formula is C30H24N2O2S. The monoisotopic (exact) mass is 476 g/mol. The van der Waals surface area contributed by atoms with Crippen LogP contribution in [0.15, 0.2) is 114 Å². The largest absolute Gasteiger partial charge is 0.325 e. The summed E-state index contributed by atoms with van der Waals surface area (Å²) in [6, 6.07) is 35.2. The van der Waals surface area contributed by atoms with Gasteiger partial charge >= 0.3 is 0 Å². The van der Waals surface area contributed by atoms with Crippen molar-refractivity contribution < 1.29 is 9.59 Å². The van der Waals surface area contributed by atoms with Gasteiger partial charge in [0.05, 0.1) is 5.25 Å². The molecule has 5 aromatic carbocycles. The third-order valence-corrected chi connectivity index (χ3v) is 6.90. The summed E-state index contributed by atoms with van der Waals surface area (Å²) in [4.78, 5) is 26.5. The van der Waals surface area contributed by atoms with Crippen molar-refractivity contribution in [3.8, 4) is 0 Å². The second kappa shape index (κ2) is 10.0. The lowest BCUT2D eigenvalue weighted by molar-refractivity contribution is -0.115. The Hall–Kier alpha value is -4.09. The Labute approximate surface area is 208 Å². The van der Waals surface area contributed by atoms with E-state index in [1.807, 2.05) is 116 Å². The Morgan fingerprint density at radius 2 is 1.26 bits per heavy atom. The zero-order chi connectivity index (χ0) is 24.2. The third-order valence-electron chi connectivity index (χ3n) is 5.80. The molecule has 1 unspecified atom stereocenters. The summed E-state index contributed by atoms with van der Waals surface area (Å²) in [5.74, 6) is -0.240. The molecular weight excluding hydrogens is 452 g/mol. The Bertz CT molecular complexity index is 1550. The van der Waals surface area contributed by atoms with Crippen LogP contribution >= 0.6 is 11.8 Å². The number of rotatable bonds is 6. The number of benzene rings is 5. The maximum absolute atomic E-state index is 12.8. The van der Waals surface area contributed by atoms with Gasteiger partial charge in [0.25, 0.3) is 5.91 Å². The van der Waals surface area contributed by atoms with Crippen molar-refractivity contribution in [1.29, 1.82) is 0 Å². The highest BCUT2D eigenvalue weighted by molar-refractivity contribution is 8.00. The number of amides is 2. The average Bonchev–Trinajstić information content (AvgIpc) is 2.88. The maximum Gasteiger partial charge on any atom is 0.255 e. The van der Waals surface area contributed by atoms with Crippen molar-refractivity contribution in [1.82, 2.24) is 0 Å². The van der Waals surface area contributed by atoms with Crippen LogP contribution in [-0.4, -0.2) is 17.1 Å². The molecule has 0 aliphatic carbocycles. The van der Waals surface area contributed by atoms with E-state index in [1.165, 1.54) is 11.8 Å². The summed E-state index contributed by atoms with van der Waals surface area (Å²) in [6.07, 6.45) is 0. The van der Waals surface area contributed by atoms with E-state index >= 15 is 0 Å². The van der Waals surface area contributed by atoms with Gasteiger partial charge in [-0.3, -0.25) is 9.59 Å². The zero-order valence-electron chi connectivity index (χ0n) is 19.2. The molecule has 0 bridgehead atoms. The van der Waals surface area contributed by atoms with Crippen molar-refractivity contribution in [3.63, 3.8) is 0 Å². The summed E-state index contributed by atoms with van der Waals surface area (Å²) in [5, 5.41) is 10.0. The number of anilines is 2. The van der Waals surface area contributed by atoms with E-state index in [-0.39, 0.29) is 17.1 Å². The van der Waals surface area contributed by atoms with Gasteiger partial charge in [0.15, 0.2) is 0 Å². The fourth-order valence-electron chi connectivity index (χ4n) is 3.95. The SMILES string of the molecule is CC(Sc1cccc(NC(=O)c2ccc3ccccc3c2)c1)C(=O)Nc1ccc2ccccc2c1. The molecule has 0 spiro atoms. The Morgan fingerprint density at radius 1 is 0.629 bits per heavy atom. The molecule has 35 heavy (non-hydrogen) atoms. The van der Waals surface area contributed by atoms with E-state index < -0.39 is 0 Å². The highest BCUT2D eigenvalue weighted by Gasteiger charge is 2.15. The lowest BCUT2D eigenvalue weighted by Gasteiger charge is -2.13. The van der Waals surface area contributed by atoms with Gasteiger partial charge in [-0.05, 0) is 70.9 Å².